The van der Waals surface area contributed by atoms with Crippen LogP contribution < -0.4 is 5.73 Å². The summed E-state index contributed by atoms with van der Waals surface area (Å²) in [6.07, 6.45) is -2.93. The quantitative estimate of drug-likeness (QED) is 0.846. The molecule has 0 aliphatic heterocycles. The van der Waals surface area contributed by atoms with Gasteiger partial charge in [0, 0.05) is 17.5 Å². The molecule has 1 aromatic rings. The van der Waals surface area contributed by atoms with E-state index in [4.69, 9.17) is 5.73 Å². The van der Waals surface area contributed by atoms with E-state index >= 15 is 0 Å². The van der Waals surface area contributed by atoms with Crippen LogP contribution in [0.15, 0.2) is 18.2 Å². The zero-order valence-electron chi connectivity index (χ0n) is 9.97. The molecule has 5 heteroatoms. The Kier molecular flexibility index (Phi) is 2.97. The van der Waals surface area contributed by atoms with Crippen LogP contribution in [0, 0.1) is 12.3 Å². The first-order chi connectivity index (χ1) is 8.30. The number of aryl methyl sites for hydroxylation is 1. The molecule has 0 amide bonds. The lowest BCUT2D eigenvalue weighted by Gasteiger charge is -2.14. The van der Waals surface area contributed by atoms with Crippen molar-refractivity contribution in [3.05, 3.63) is 34.9 Å². The lowest BCUT2D eigenvalue weighted by molar-refractivity contribution is -0.137. The zero-order chi connectivity index (χ0) is 13.6. The van der Waals surface area contributed by atoms with Gasteiger partial charge in [0.1, 0.15) is 0 Å². The molecule has 0 saturated heterocycles. The largest absolute Gasteiger partial charge is 0.416 e. The van der Waals surface area contributed by atoms with Gasteiger partial charge in [0.15, 0.2) is 5.78 Å². The van der Waals surface area contributed by atoms with E-state index < -0.39 is 17.2 Å². The molecule has 1 aliphatic rings. The molecule has 98 valence electrons. The van der Waals surface area contributed by atoms with E-state index in [2.05, 4.69) is 0 Å². The average Bonchev–Trinajstić information content (AvgIpc) is 3.07. The number of carbonyl (C=O) groups excluding carboxylic acids is 1. The van der Waals surface area contributed by atoms with Crippen LogP contribution in [0.4, 0.5) is 13.2 Å². The molecule has 0 radical (unpaired) electrons. The molecule has 2 nitrogen and oxygen atoms in total. The summed E-state index contributed by atoms with van der Waals surface area (Å²) in [5.74, 6) is -0.128. The number of alkyl halides is 3. The van der Waals surface area contributed by atoms with Gasteiger partial charge in [-0.25, -0.2) is 0 Å². The zero-order valence-corrected chi connectivity index (χ0v) is 9.97. The van der Waals surface area contributed by atoms with E-state index in [1.165, 1.54) is 13.0 Å². The minimum atomic E-state index is -4.38. The molecule has 0 heterocycles. The molecule has 18 heavy (non-hydrogen) atoms. The molecular formula is C13H14F3NO. The van der Waals surface area contributed by atoms with Gasteiger partial charge in [-0.1, -0.05) is 6.07 Å². The van der Waals surface area contributed by atoms with Crippen molar-refractivity contribution in [2.75, 3.05) is 6.54 Å². The first kappa shape index (κ1) is 13.1. The smallest absolute Gasteiger partial charge is 0.329 e. The summed E-state index contributed by atoms with van der Waals surface area (Å²) in [5, 5.41) is 0. The highest BCUT2D eigenvalue weighted by Gasteiger charge is 2.48. The normalized spacial score (nSPS) is 17.6. The Labute approximate surface area is 103 Å². The number of carbonyl (C=O) groups is 1. The summed E-state index contributed by atoms with van der Waals surface area (Å²) in [7, 11) is 0. The number of ketones is 1. The first-order valence-corrected chi connectivity index (χ1v) is 5.73. The maximum absolute atomic E-state index is 12.5. The van der Waals surface area contributed by atoms with Crippen LogP contribution >= 0.6 is 0 Å². The Morgan fingerprint density at radius 1 is 1.39 bits per heavy atom. The number of hydrogen-bond acceptors (Lipinski definition) is 2. The van der Waals surface area contributed by atoms with Crippen LogP contribution in [-0.4, -0.2) is 12.3 Å². The third-order valence-electron chi connectivity index (χ3n) is 3.52. The van der Waals surface area contributed by atoms with Gasteiger partial charge in [-0.05, 0) is 37.5 Å². The van der Waals surface area contributed by atoms with Crippen molar-refractivity contribution in [2.45, 2.75) is 25.9 Å². The summed E-state index contributed by atoms with van der Waals surface area (Å²) in [6, 6.07) is 3.23. The van der Waals surface area contributed by atoms with E-state index in [1.807, 2.05) is 0 Å². The Morgan fingerprint density at radius 3 is 2.39 bits per heavy atom. The third kappa shape index (κ3) is 2.14. The second-order valence-electron chi connectivity index (χ2n) is 4.84. The van der Waals surface area contributed by atoms with E-state index in [-0.39, 0.29) is 12.3 Å². The van der Waals surface area contributed by atoms with Gasteiger partial charge in [-0.3, -0.25) is 4.79 Å². The second kappa shape index (κ2) is 4.09. The molecule has 0 bridgehead atoms. The fourth-order valence-electron chi connectivity index (χ4n) is 2.06. The van der Waals surface area contributed by atoms with Gasteiger partial charge >= 0.3 is 6.18 Å². The second-order valence-corrected chi connectivity index (χ2v) is 4.84. The number of benzene rings is 1. The topological polar surface area (TPSA) is 43.1 Å². The summed E-state index contributed by atoms with van der Waals surface area (Å²) in [6.45, 7) is 1.78. The number of rotatable bonds is 3. The lowest BCUT2D eigenvalue weighted by Crippen LogP contribution is -2.26. The van der Waals surface area contributed by atoms with E-state index in [9.17, 15) is 18.0 Å². The maximum Gasteiger partial charge on any atom is 0.416 e. The molecule has 0 spiro atoms. The highest BCUT2D eigenvalue weighted by Crippen LogP contribution is 2.47. The van der Waals surface area contributed by atoms with Gasteiger partial charge in [0.05, 0.1) is 5.56 Å². The molecule has 0 aromatic heterocycles. The Balaban J connectivity index is 2.34. The lowest BCUT2D eigenvalue weighted by atomic mass is 9.91. The Morgan fingerprint density at radius 2 is 2.00 bits per heavy atom. The molecule has 2 rings (SSSR count). The fraction of sp³-hybridized carbons (Fsp3) is 0.462. The summed E-state index contributed by atoms with van der Waals surface area (Å²) in [5.41, 5.74) is 5.01. The minimum Gasteiger partial charge on any atom is -0.329 e. The van der Waals surface area contributed by atoms with Gasteiger partial charge < -0.3 is 5.73 Å². The van der Waals surface area contributed by atoms with Crippen molar-refractivity contribution in [2.24, 2.45) is 11.1 Å². The predicted octanol–water partition coefficient (Wildman–Crippen LogP) is 2.94. The molecule has 2 N–H and O–H groups in total. The van der Waals surface area contributed by atoms with Crippen molar-refractivity contribution >= 4 is 5.78 Å². The number of Topliss-reactive ketones (excluding diaryl/α,β-unsaturated/α-hetero) is 1. The average molecular weight is 257 g/mol. The summed E-state index contributed by atoms with van der Waals surface area (Å²) in [4.78, 5) is 12.2. The van der Waals surface area contributed by atoms with Crippen LogP contribution in [0.2, 0.25) is 0 Å². The SMILES string of the molecule is Cc1cc(C(F)(F)F)ccc1C(=O)C1(CN)CC1. The van der Waals surface area contributed by atoms with Gasteiger partial charge in [-0.2, -0.15) is 13.2 Å². The molecule has 0 unspecified atom stereocenters. The van der Waals surface area contributed by atoms with Crippen molar-refractivity contribution < 1.29 is 18.0 Å². The van der Waals surface area contributed by atoms with E-state index in [1.54, 1.807) is 0 Å². The predicted molar refractivity (Wildman–Crippen MR) is 61.2 cm³/mol. The molecule has 1 saturated carbocycles. The van der Waals surface area contributed by atoms with Gasteiger partial charge in [-0.15, -0.1) is 0 Å². The Hall–Kier alpha value is -1.36. The van der Waals surface area contributed by atoms with Crippen LogP contribution in [-0.2, 0) is 6.18 Å². The van der Waals surface area contributed by atoms with Crippen molar-refractivity contribution in [3.63, 3.8) is 0 Å². The van der Waals surface area contributed by atoms with Gasteiger partial charge in [0.2, 0.25) is 0 Å². The standard InChI is InChI=1S/C13H14F3NO/c1-8-6-9(13(14,15)16)2-3-10(8)11(18)12(7-17)4-5-12/h2-3,6H,4-5,7,17H2,1H3. The Bertz CT molecular complexity index is 489. The number of halogens is 3. The van der Waals surface area contributed by atoms with Crippen molar-refractivity contribution in [3.8, 4) is 0 Å². The monoisotopic (exact) mass is 257 g/mol. The number of hydrogen-bond donors (Lipinski definition) is 1. The molecular weight excluding hydrogens is 243 g/mol. The molecule has 1 aromatic carbocycles. The maximum atomic E-state index is 12.5. The van der Waals surface area contributed by atoms with Crippen LogP contribution in [0.1, 0.15) is 34.3 Å². The van der Waals surface area contributed by atoms with Crippen molar-refractivity contribution in [1.82, 2.24) is 0 Å². The third-order valence-corrected chi connectivity index (χ3v) is 3.52. The van der Waals surface area contributed by atoms with Crippen LogP contribution in [0.25, 0.3) is 0 Å². The summed E-state index contributed by atoms with van der Waals surface area (Å²) < 4.78 is 37.5. The van der Waals surface area contributed by atoms with Gasteiger partial charge in [0.25, 0.3) is 0 Å². The highest BCUT2D eigenvalue weighted by atomic mass is 19.4. The van der Waals surface area contributed by atoms with E-state index in [0.29, 0.717) is 11.1 Å². The highest BCUT2D eigenvalue weighted by molar-refractivity contribution is 6.03. The van der Waals surface area contributed by atoms with Crippen LogP contribution in [0.5, 0.6) is 0 Å². The molecule has 1 fully saturated rings. The van der Waals surface area contributed by atoms with E-state index in [0.717, 1.165) is 25.0 Å². The molecule has 1 aliphatic carbocycles. The fourth-order valence-corrected chi connectivity index (χ4v) is 2.06. The minimum absolute atomic E-state index is 0.128. The van der Waals surface area contributed by atoms with Crippen molar-refractivity contribution in [1.29, 1.82) is 0 Å². The first-order valence-electron chi connectivity index (χ1n) is 5.73. The number of nitrogens with two attached hydrogens (primary N) is 1. The van der Waals surface area contributed by atoms with Crippen LogP contribution in [0.3, 0.4) is 0 Å². The summed E-state index contributed by atoms with van der Waals surface area (Å²) >= 11 is 0. The molecule has 0 atom stereocenters.